The molecule has 0 saturated carbocycles. The Morgan fingerprint density at radius 3 is 2.07 bits per heavy atom. The molecule has 3 rings (SSSR count). The van der Waals surface area contributed by atoms with Crippen LogP contribution in [0.3, 0.4) is 0 Å². The minimum atomic E-state index is -4.88. The monoisotopic (exact) mass is 600 g/mol. The topological polar surface area (TPSA) is 65.7 Å². The molecule has 43 heavy (non-hydrogen) atoms. The molecule has 0 aliphatic rings. The van der Waals surface area contributed by atoms with Crippen molar-refractivity contribution in [2.24, 2.45) is 0 Å². The lowest BCUT2D eigenvalue weighted by Crippen LogP contribution is -2.18. The molecule has 0 N–H and O–H groups in total. The number of hydrogen-bond acceptors (Lipinski definition) is 5. The summed E-state index contributed by atoms with van der Waals surface area (Å²) >= 11 is 0. The van der Waals surface area contributed by atoms with Gasteiger partial charge in [-0.3, -0.25) is 0 Å². The molecule has 0 aliphatic carbocycles. The van der Waals surface area contributed by atoms with Crippen molar-refractivity contribution in [1.29, 1.82) is 0 Å². The van der Waals surface area contributed by atoms with Crippen LogP contribution in [0.5, 0.6) is 5.75 Å². The van der Waals surface area contributed by atoms with E-state index in [2.05, 4.69) is 18.2 Å². The lowest BCUT2D eigenvalue weighted by Gasteiger charge is -2.15. The van der Waals surface area contributed by atoms with Gasteiger partial charge in [-0.1, -0.05) is 95.6 Å². The maximum Gasteiger partial charge on any atom is 0.573 e. The molecule has 0 amide bonds. The lowest BCUT2D eigenvalue weighted by atomic mass is 9.99. The summed E-state index contributed by atoms with van der Waals surface area (Å²) in [5, 5.41) is 0.641. The molecule has 0 radical (unpaired) electrons. The molecule has 2 aromatic carbocycles. The summed E-state index contributed by atoms with van der Waals surface area (Å²) in [7, 11) is 0. The number of aryl methyl sites for hydroxylation is 2. The third-order valence-corrected chi connectivity index (χ3v) is 7.45. The third kappa shape index (κ3) is 11.9. The molecule has 0 bridgehead atoms. The van der Waals surface area contributed by atoms with Gasteiger partial charge in [-0.2, -0.15) is 0 Å². The fourth-order valence-electron chi connectivity index (χ4n) is 5.13. The number of alkyl halides is 3. The van der Waals surface area contributed by atoms with Crippen LogP contribution in [0.15, 0.2) is 64.3 Å². The molecule has 8 heteroatoms. The Kier molecular flexibility index (Phi) is 13.8. The Morgan fingerprint density at radius 1 is 0.814 bits per heavy atom. The Hall–Kier alpha value is -3.55. The molecule has 5 nitrogen and oxygen atoms in total. The van der Waals surface area contributed by atoms with Gasteiger partial charge in [0.2, 0.25) is 0 Å². The Balaban J connectivity index is 1.52. The van der Waals surface area contributed by atoms with Gasteiger partial charge in [0, 0.05) is 17.0 Å². The molecule has 0 saturated heterocycles. The minimum Gasteiger partial charge on any atom is -0.463 e. The van der Waals surface area contributed by atoms with E-state index in [-0.39, 0.29) is 17.1 Å². The van der Waals surface area contributed by atoms with E-state index in [1.807, 2.05) is 18.2 Å². The highest BCUT2D eigenvalue weighted by atomic mass is 19.4. The number of carbonyl (C=O) groups is 1. The van der Waals surface area contributed by atoms with Crippen LogP contribution in [0.2, 0.25) is 0 Å². The van der Waals surface area contributed by atoms with Crippen LogP contribution < -0.4 is 10.4 Å². The van der Waals surface area contributed by atoms with Gasteiger partial charge in [-0.05, 0) is 61.4 Å². The predicted octanol–water partition coefficient (Wildman–Crippen LogP) is 9.87. The van der Waals surface area contributed by atoms with E-state index >= 15 is 0 Å². The van der Waals surface area contributed by atoms with Crippen LogP contribution >= 0.6 is 0 Å². The number of halogens is 3. The van der Waals surface area contributed by atoms with Gasteiger partial charge in [0.1, 0.15) is 11.3 Å². The van der Waals surface area contributed by atoms with Gasteiger partial charge in [0.15, 0.2) is 0 Å². The Labute approximate surface area is 252 Å². The highest BCUT2D eigenvalue weighted by Gasteiger charge is 2.33. The average Bonchev–Trinajstić information content (AvgIpc) is 2.96. The number of fused-ring (bicyclic) bond motifs is 1. The van der Waals surface area contributed by atoms with Crippen LogP contribution in [-0.4, -0.2) is 18.9 Å². The van der Waals surface area contributed by atoms with Crippen molar-refractivity contribution in [3.63, 3.8) is 0 Å². The fourth-order valence-corrected chi connectivity index (χ4v) is 5.13. The van der Waals surface area contributed by atoms with E-state index in [9.17, 15) is 22.8 Å². The van der Waals surface area contributed by atoms with Crippen molar-refractivity contribution in [3.05, 3.63) is 76.7 Å². The first kappa shape index (κ1) is 33.9. The molecule has 234 valence electrons. The van der Waals surface area contributed by atoms with Crippen molar-refractivity contribution in [2.45, 2.75) is 103 Å². The van der Waals surface area contributed by atoms with E-state index in [0.717, 1.165) is 75.3 Å². The number of hydrogen-bond donors (Lipinski definition) is 0. The number of unbranched alkanes of at least 4 members (excludes halogenated alkanes) is 10. The number of carbonyl (C=O) groups excluding carboxylic acids is 1. The molecule has 3 aromatic rings. The van der Waals surface area contributed by atoms with E-state index < -0.39 is 17.7 Å². The summed E-state index contributed by atoms with van der Waals surface area (Å²) in [6, 6.07) is 11.9. The van der Waals surface area contributed by atoms with Gasteiger partial charge in [-0.15, -0.1) is 13.2 Å². The van der Waals surface area contributed by atoms with E-state index in [0.29, 0.717) is 24.0 Å². The highest BCUT2D eigenvalue weighted by Crippen LogP contribution is 2.35. The summed E-state index contributed by atoms with van der Waals surface area (Å²) in [5.41, 5.74) is 1.60. The molecule has 0 unspecified atom stereocenters. The molecular weight excluding hydrogens is 557 g/mol. The molecule has 0 fully saturated rings. The molecule has 1 heterocycles. The largest absolute Gasteiger partial charge is 0.573 e. The van der Waals surface area contributed by atoms with Crippen molar-refractivity contribution in [2.75, 3.05) is 6.61 Å². The van der Waals surface area contributed by atoms with Crippen LogP contribution in [0.4, 0.5) is 13.2 Å². The summed E-state index contributed by atoms with van der Waals surface area (Å²) in [4.78, 5) is 23.9. The molecular formula is C35H43F3O5. The quantitative estimate of drug-likeness (QED) is 0.0593. The fraction of sp³-hybridized carbons (Fsp3) is 0.486. The summed E-state index contributed by atoms with van der Waals surface area (Å²) < 4.78 is 54.6. The van der Waals surface area contributed by atoms with Gasteiger partial charge < -0.3 is 13.9 Å². The Bertz CT molecular complexity index is 1380. The maximum absolute atomic E-state index is 13.2. The van der Waals surface area contributed by atoms with Crippen molar-refractivity contribution < 1.29 is 31.9 Å². The number of ether oxygens (including phenoxy) is 2. The molecule has 0 aliphatic heterocycles. The third-order valence-electron chi connectivity index (χ3n) is 7.45. The Morgan fingerprint density at radius 2 is 1.42 bits per heavy atom. The molecule has 1 aromatic heterocycles. The van der Waals surface area contributed by atoms with Gasteiger partial charge in [0.05, 0.1) is 12.2 Å². The zero-order valence-electron chi connectivity index (χ0n) is 25.1. The van der Waals surface area contributed by atoms with E-state index in [4.69, 9.17) is 9.15 Å². The van der Waals surface area contributed by atoms with Crippen LogP contribution in [0.1, 0.15) is 95.1 Å². The zero-order chi connectivity index (χ0) is 31.1. The van der Waals surface area contributed by atoms with E-state index in [1.54, 1.807) is 12.1 Å². The maximum atomic E-state index is 13.2. The second kappa shape index (κ2) is 17.5. The van der Waals surface area contributed by atoms with Gasteiger partial charge in [-0.25, -0.2) is 9.59 Å². The zero-order valence-corrected chi connectivity index (χ0v) is 25.1. The first-order valence-electron chi connectivity index (χ1n) is 15.4. The van der Waals surface area contributed by atoms with Crippen molar-refractivity contribution in [1.82, 2.24) is 0 Å². The molecule has 0 atom stereocenters. The first-order valence-corrected chi connectivity index (χ1v) is 15.4. The normalized spacial score (nSPS) is 11.5. The minimum absolute atomic E-state index is 0.0377. The summed E-state index contributed by atoms with van der Waals surface area (Å²) in [6.07, 6.45) is 10.5. The SMILES string of the molecule is C=CC(=O)OCCCCCCCCCCCc1ccc2cc(-c3ccc(CCCCC)cc3OC(F)(F)F)c(=O)oc2c1. The predicted molar refractivity (Wildman–Crippen MR) is 164 cm³/mol. The van der Waals surface area contributed by atoms with Crippen molar-refractivity contribution >= 4 is 16.9 Å². The smallest absolute Gasteiger partial charge is 0.463 e. The van der Waals surface area contributed by atoms with Gasteiger partial charge >= 0.3 is 18.0 Å². The van der Waals surface area contributed by atoms with Crippen LogP contribution in [0, 0.1) is 0 Å². The van der Waals surface area contributed by atoms with Crippen LogP contribution in [-0.2, 0) is 22.4 Å². The second-order valence-electron chi connectivity index (χ2n) is 11.0. The van der Waals surface area contributed by atoms with Gasteiger partial charge in [0.25, 0.3) is 0 Å². The van der Waals surface area contributed by atoms with E-state index in [1.165, 1.54) is 37.5 Å². The van der Waals surface area contributed by atoms with Crippen molar-refractivity contribution in [3.8, 4) is 16.9 Å². The average molecular weight is 601 g/mol. The molecule has 0 spiro atoms. The highest BCUT2D eigenvalue weighted by molar-refractivity contribution is 5.83. The number of benzene rings is 2. The second-order valence-corrected chi connectivity index (χ2v) is 11.0. The van der Waals surface area contributed by atoms with Crippen LogP contribution in [0.25, 0.3) is 22.1 Å². The summed E-state index contributed by atoms with van der Waals surface area (Å²) in [6.45, 7) is 5.89. The summed E-state index contributed by atoms with van der Waals surface area (Å²) in [5.74, 6) is -0.759. The standard InChI is InChI=1S/C35H43F3O5/c1-3-5-13-16-27-19-21-29(32(24-27)43-35(36,37)38)30-25-28-20-18-26(23-31(28)42-34(30)40)17-14-11-9-7-6-8-10-12-15-22-41-33(39)4-2/h4,18-21,23-25H,2-3,5-17,22H2,1H3. The first-order chi connectivity index (χ1) is 20.7. The number of rotatable bonds is 19. The number of esters is 1. The lowest BCUT2D eigenvalue weighted by molar-refractivity contribution is -0.274.